The summed E-state index contributed by atoms with van der Waals surface area (Å²) in [7, 11) is 0. The third-order valence-electron chi connectivity index (χ3n) is 4.09. The molecule has 0 amide bonds. The van der Waals surface area contributed by atoms with Crippen molar-refractivity contribution in [3.05, 3.63) is 21.9 Å². The van der Waals surface area contributed by atoms with Gasteiger partial charge < -0.3 is 5.32 Å². The summed E-state index contributed by atoms with van der Waals surface area (Å²) >= 11 is 1.89. The van der Waals surface area contributed by atoms with Crippen molar-refractivity contribution in [1.29, 1.82) is 0 Å². The Morgan fingerprint density at radius 3 is 2.94 bits per heavy atom. The number of hydrogen-bond donors (Lipinski definition) is 1. The van der Waals surface area contributed by atoms with Gasteiger partial charge in [0.1, 0.15) is 0 Å². The van der Waals surface area contributed by atoms with Crippen molar-refractivity contribution in [2.75, 3.05) is 13.1 Å². The van der Waals surface area contributed by atoms with Crippen molar-refractivity contribution in [2.45, 2.75) is 52.2 Å². The van der Waals surface area contributed by atoms with Crippen molar-refractivity contribution < 1.29 is 0 Å². The molecule has 2 rings (SSSR count). The molecule has 2 heterocycles. The second kappa shape index (κ2) is 5.09. The first-order valence-electron chi connectivity index (χ1n) is 6.56. The van der Waals surface area contributed by atoms with Gasteiger partial charge in [-0.15, -0.1) is 11.3 Å². The van der Waals surface area contributed by atoms with Gasteiger partial charge in [-0.1, -0.05) is 6.92 Å². The quantitative estimate of drug-likeness (QED) is 0.889. The molecule has 17 heavy (non-hydrogen) atoms. The molecule has 1 N–H and O–H groups in total. The Morgan fingerprint density at radius 1 is 1.59 bits per heavy atom. The van der Waals surface area contributed by atoms with Crippen LogP contribution < -0.4 is 5.32 Å². The van der Waals surface area contributed by atoms with Crippen LogP contribution in [0, 0.1) is 6.92 Å². The number of aryl methyl sites for hydroxylation is 1. The Labute approximate surface area is 109 Å². The molecule has 96 valence electrons. The van der Waals surface area contributed by atoms with Crippen LogP contribution in [0.2, 0.25) is 0 Å². The molecule has 1 saturated heterocycles. The maximum atomic E-state index is 3.68. The number of rotatable bonds is 3. The Hall–Kier alpha value is -0.380. The fraction of sp³-hybridized carbons (Fsp3) is 0.714. The van der Waals surface area contributed by atoms with Crippen LogP contribution in [0.3, 0.4) is 0 Å². The fourth-order valence-electron chi connectivity index (χ4n) is 2.38. The topological polar surface area (TPSA) is 15.3 Å². The highest BCUT2D eigenvalue weighted by atomic mass is 32.1. The molecule has 0 saturated carbocycles. The Morgan fingerprint density at radius 2 is 2.35 bits per heavy atom. The number of nitrogens with zero attached hydrogens (tertiary/aromatic N) is 1. The van der Waals surface area contributed by atoms with Crippen molar-refractivity contribution in [3.8, 4) is 0 Å². The standard InChI is InChI=1S/C14H24N2S/c1-5-14(4)10-16(12(3)8-15-14)9-13-11(2)6-7-17-13/h6-7,12,15H,5,8-10H2,1-4H3. The summed E-state index contributed by atoms with van der Waals surface area (Å²) < 4.78 is 0. The SMILES string of the molecule is CCC1(C)CN(Cc2sccc2C)C(C)CN1. The molecule has 1 aromatic heterocycles. The lowest BCUT2D eigenvalue weighted by Crippen LogP contribution is -2.61. The maximum Gasteiger partial charge on any atom is 0.0334 e. The van der Waals surface area contributed by atoms with Crippen LogP contribution in [-0.2, 0) is 6.54 Å². The fourth-order valence-corrected chi connectivity index (χ4v) is 3.31. The minimum Gasteiger partial charge on any atom is -0.309 e. The summed E-state index contributed by atoms with van der Waals surface area (Å²) in [5, 5.41) is 5.89. The largest absolute Gasteiger partial charge is 0.309 e. The summed E-state index contributed by atoms with van der Waals surface area (Å²) in [6, 6.07) is 2.86. The van der Waals surface area contributed by atoms with E-state index in [1.165, 1.54) is 16.9 Å². The van der Waals surface area contributed by atoms with E-state index in [1.54, 1.807) is 0 Å². The van der Waals surface area contributed by atoms with Gasteiger partial charge in [0.05, 0.1) is 0 Å². The Kier molecular flexibility index (Phi) is 3.91. The van der Waals surface area contributed by atoms with E-state index in [0.717, 1.165) is 19.6 Å². The molecule has 1 aliphatic heterocycles. The van der Waals surface area contributed by atoms with Crippen LogP contribution in [0.1, 0.15) is 37.6 Å². The average Bonchev–Trinajstić information content (AvgIpc) is 2.70. The minimum atomic E-state index is 0.289. The normalized spacial score (nSPS) is 30.7. The van der Waals surface area contributed by atoms with E-state index in [1.807, 2.05) is 11.3 Å². The summed E-state index contributed by atoms with van der Waals surface area (Å²) in [5.74, 6) is 0. The maximum absolute atomic E-state index is 3.68. The Bertz CT molecular complexity index is 374. The lowest BCUT2D eigenvalue weighted by molar-refractivity contribution is 0.0874. The van der Waals surface area contributed by atoms with E-state index < -0.39 is 0 Å². The van der Waals surface area contributed by atoms with E-state index in [-0.39, 0.29) is 5.54 Å². The van der Waals surface area contributed by atoms with Gasteiger partial charge in [0.15, 0.2) is 0 Å². The molecule has 1 fully saturated rings. The Balaban J connectivity index is 2.06. The van der Waals surface area contributed by atoms with Crippen LogP contribution in [0.4, 0.5) is 0 Å². The first kappa shape index (κ1) is 13.1. The molecule has 0 aromatic carbocycles. The molecule has 0 aliphatic carbocycles. The van der Waals surface area contributed by atoms with Gasteiger partial charge in [0.25, 0.3) is 0 Å². The molecule has 2 atom stereocenters. The number of piperazine rings is 1. The lowest BCUT2D eigenvalue weighted by atomic mass is 9.94. The van der Waals surface area contributed by atoms with Crippen molar-refractivity contribution in [3.63, 3.8) is 0 Å². The van der Waals surface area contributed by atoms with Crippen molar-refractivity contribution in [2.24, 2.45) is 0 Å². The van der Waals surface area contributed by atoms with Crippen molar-refractivity contribution in [1.82, 2.24) is 10.2 Å². The van der Waals surface area contributed by atoms with Gasteiger partial charge in [-0.3, -0.25) is 4.90 Å². The molecular weight excluding hydrogens is 228 g/mol. The van der Waals surface area contributed by atoms with Crippen LogP contribution in [0.5, 0.6) is 0 Å². The van der Waals surface area contributed by atoms with Crippen LogP contribution in [-0.4, -0.2) is 29.6 Å². The average molecular weight is 252 g/mol. The first-order valence-corrected chi connectivity index (χ1v) is 7.44. The zero-order valence-corrected chi connectivity index (χ0v) is 12.2. The van der Waals surface area contributed by atoms with E-state index in [9.17, 15) is 0 Å². The summed E-state index contributed by atoms with van der Waals surface area (Å²) in [6.07, 6.45) is 1.19. The van der Waals surface area contributed by atoms with E-state index in [4.69, 9.17) is 0 Å². The highest BCUT2D eigenvalue weighted by molar-refractivity contribution is 7.10. The third-order valence-corrected chi connectivity index (χ3v) is 5.10. The molecule has 0 radical (unpaired) electrons. The molecule has 3 heteroatoms. The minimum absolute atomic E-state index is 0.289. The van der Waals surface area contributed by atoms with Crippen LogP contribution >= 0.6 is 11.3 Å². The molecular formula is C14H24N2S. The van der Waals surface area contributed by atoms with E-state index in [2.05, 4.69) is 49.4 Å². The second-order valence-electron chi connectivity index (χ2n) is 5.58. The van der Waals surface area contributed by atoms with E-state index >= 15 is 0 Å². The first-order chi connectivity index (χ1) is 8.04. The monoisotopic (exact) mass is 252 g/mol. The van der Waals surface area contributed by atoms with Gasteiger partial charge in [0, 0.05) is 36.1 Å². The lowest BCUT2D eigenvalue weighted by Gasteiger charge is -2.45. The van der Waals surface area contributed by atoms with Gasteiger partial charge in [-0.2, -0.15) is 0 Å². The molecule has 1 aliphatic rings. The highest BCUT2D eigenvalue weighted by Crippen LogP contribution is 2.24. The number of hydrogen-bond acceptors (Lipinski definition) is 3. The summed E-state index contributed by atoms with van der Waals surface area (Å²) in [6.45, 7) is 12.5. The predicted octanol–water partition coefficient (Wildman–Crippen LogP) is 3.02. The van der Waals surface area contributed by atoms with Crippen LogP contribution in [0.25, 0.3) is 0 Å². The van der Waals surface area contributed by atoms with Gasteiger partial charge in [-0.05, 0) is 44.2 Å². The summed E-state index contributed by atoms with van der Waals surface area (Å²) in [5.41, 5.74) is 1.73. The summed E-state index contributed by atoms with van der Waals surface area (Å²) in [4.78, 5) is 4.15. The zero-order chi connectivity index (χ0) is 12.5. The van der Waals surface area contributed by atoms with Crippen LogP contribution in [0.15, 0.2) is 11.4 Å². The van der Waals surface area contributed by atoms with Gasteiger partial charge in [0.2, 0.25) is 0 Å². The van der Waals surface area contributed by atoms with E-state index in [0.29, 0.717) is 6.04 Å². The highest BCUT2D eigenvalue weighted by Gasteiger charge is 2.32. The third kappa shape index (κ3) is 2.90. The van der Waals surface area contributed by atoms with Gasteiger partial charge >= 0.3 is 0 Å². The number of nitrogens with one attached hydrogen (secondary N) is 1. The predicted molar refractivity (Wildman–Crippen MR) is 75.6 cm³/mol. The molecule has 0 spiro atoms. The molecule has 1 aromatic rings. The molecule has 0 bridgehead atoms. The number of thiophene rings is 1. The smallest absolute Gasteiger partial charge is 0.0334 e. The molecule has 2 unspecified atom stereocenters. The molecule has 2 nitrogen and oxygen atoms in total. The zero-order valence-electron chi connectivity index (χ0n) is 11.4. The van der Waals surface area contributed by atoms with Crippen molar-refractivity contribution >= 4 is 11.3 Å². The van der Waals surface area contributed by atoms with Gasteiger partial charge in [-0.25, -0.2) is 0 Å². The second-order valence-corrected chi connectivity index (χ2v) is 6.58.